The molecule has 0 unspecified atom stereocenters. The molecule has 0 atom stereocenters. The average molecular weight is 792 g/mol. The van der Waals surface area contributed by atoms with Crippen LogP contribution < -0.4 is 0 Å². The number of fused-ring (bicyclic) bond motifs is 6. The van der Waals surface area contributed by atoms with Gasteiger partial charge in [-0.3, -0.25) is 0 Å². The quantitative estimate of drug-likeness (QED) is 0.161. The predicted molar refractivity (Wildman–Crippen MR) is 252 cm³/mol. The summed E-state index contributed by atoms with van der Waals surface area (Å²) in [5.74, 6) is 1.78. The Labute approximate surface area is 359 Å². The lowest BCUT2D eigenvalue weighted by Gasteiger charge is -2.33. The summed E-state index contributed by atoms with van der Waals surface area (Å²) < 4.78 is 6.86. The Morgan fingerprint density at radius 2 is 0.790 bits per heavy atom. The summed E-state index contributed by atoms with van der Waals surface area (Å²) in [5, 5.41) is 1.97. The van der Waals surface area contributed by atoms with Crippen LogP contribution in [0.25, 0.3) is 89.5 Å². The second-order valence-electron chi connectivity index (χ2n) is 15.9. The van der Waals surface area contributed by atoms with Gasteiger partial charge in [-0.05, 0) is 86.0 Å². The summed E-state index contributed by atoms with van der Waals surface area (Å²) in [6.07, 6.45) is 0. The third-order valence-electron chi connectivity index (χ3n) is 12.4. The first-order chi connectivity index (χ1) is 30.7. The molecule has 4 nitrogen and oxygen atoms in total. The second kappa shape index (κ2) is 14.5. The molecule has 2 heterocycles. The highest BCUT2D eigenvalue weighted by atomic mass is 16.3. The highest BCUT2D eigenvalue weighted by molar-refractivity contribution is 6.12. The first-order valence-corrected chi connectivity index (χ1v) is 21.0. The van der Waals surface area contributed by atoms with Crippen LogP contribution in [0.5, 0.6) is 0 Å². The first-order valence-electron chi connectivity index (χ1n) is 21.0. The van der Waals surface area contributed by atoms with Crippen molar-refractivity contribution >= 4 is 21.9 Å². The van der Waals surface area contributed by atoms with E-state index in [1.54, 1.807) is 0 Å². The van der Waals surface area contributed by atoms with Crippen molar-refractivity contribution in [3.8, 4) is 67.5 Å². The van der Waals surface area contributed by atoms with Gasteiger partial charge in [-0.25, -0.2) is 15.0 Å². The van der Waals surface area contributed by atoms with Gasteiger partial charge in [0.2, 0.25) is 0 Å². The van der Waals surface area contributed by atoms with Crippen LogP contribution in [0.3, 0.4) is 0 Å². The lowest BCUT2D eigenvalue weighted by molar-refractivity contribution is 0.665. The third kappa shape index (κ3) is 5.72. The van der Waals surface area contributed by atoms with Crippen LogP contribution in [0.2, 0.25) is 0 Å². The lowest BCUT2D eigenvalue weighted by atomic mass is 9.67. The highest BCUT2D eigenvalue weighted by Gasteiger charge is 2.46. The van der Waals surface area contributed by atoms with Gasteiger partial charge in [0.25, 0.3) is 0 Å². The summed E-state index contributed by atoms with van der Waals surface area (Å²) in [7, 11) is 0. The van der Waals surface area contributed by atoms with E-state index in [4.69, 9.17) is 19.4 Å². The summed E-state index contributed by atoms with van der Waals surface area (Å²) in [6.45, 7) is 0. The van der Waals surface area contributed by atoms with E-state index in [0.717, 1.165) is 66.4 Å². The van der Waals surface area contributed by atoms with Crippen LogP contribution in [-0.2, 0) is 5.41 Å². The van der Waals surface area contributed by atoms with Gasteiger partial charge in [-0.15, -0.1) is 0 Å². The molecule has 2 aromatic heterocycles. The molecule has 0 fully saturated rings. The van der Waals surface area contributed by atoms with E-state index in [0.29, 0.717) is 17.5 Å². The molecule has 1 aliphatic carbocycles. The van der Waals surface area contributed by atoms with E-state index in [9.17, 15) is 0 Å². The van der Waals surface area contributed by atoms with Crippen molar-refractivity contribution in [2.24, 2.45) is 0 Å². The average Bonchev–Trinajstić information content (AvgIpc) is 3.88. The van der Waals surface area contributed by atoms with Crippen LogP contribution >= 0.6 is 0 Å². The smallest absolute Gasteiger partial charge is 0.164 e. The minimum absolute atomic E-state index is 0.537. The maximum atomic E-state index is 6.86. The number of aromatic nitrogens is 3. The molecule has 4 heteroatoms. The van der Waals surface area contributed by atoms with Gasteiger partial charge in [0.05, 0.1) is 5.41 Å². The van der Waals surface area contributed by atoms with Crippen molar-refractivity contribution in [2.45, 2.75) is 5.41 Å². The molecule has 1 aliphatic rings. The van der Waals surface area contributed by atoms with Crippen molar-refractivity contribution in [1.82, 2.24) is 15.0 Å². The lowest BCUT2D eigenvalue weighted by Crippen LogP contribution is -2.28. The van der Waals surface area contributed by atoms with Gasteiger partial charge in [0.1, 0.15) is 11.2 Å². The fourth-order valence-corrected chi connectivity index (χ4v) is 9.65. The maximum Gasteiger partial charge on any atom is 0.164 e. The number of furan rings is 1. The van der Waals surface area contributed by atoms with Crippen LogP contribution in [0.15, 0.2) is 229 Å². The minimum Gasteiger partial charge on any atom is -0.456 e. The molecule has 62 heavy (non-hydrogen) atoms. The fourth-order valence-electron chi connectivity index (χ4n) is 9.65. The molecular weight excluding hydrogens is 755 g/mol. The molecule has 0 aliphatic heterocycles. The summed E-state index contributed by atoms with van der Waals surface area (Å²) in [6, 6.07) is 79.2. The van der Waals surface area contributed by atoms with E-state index in [1.165, 1.54) is 27.8 Å². The van der Waals surface area contributed by atoms with Crippen molar-refractivity contribution in [1.29, 1.82) is 0 Å². The van der Waals surface area contributed by atoms with E-state index in [1.807, 2.05) is 42.5 Å². The van der Waals surface area contributed by atoms with Crippen molar-refractivity contribution < 1.29 is 4.42 Å². The van der Waals surface area contributed by atoms with E-state index in [-0.39, 0.29) is 0 Å². The Morgan fingerprint density at radius 1 is 0.306 bits per heavy atom. The monoisotopic (exact) mass is 791 g/mol. The fraction of sp³-hybridized carbons (Fsp3) is 0.0172. The number of nitrogens with zero attached hydrogens (tertiary/aromatic N) is 3. The zero-order valence-corrected chi connectivity index (χ0v) is 33.6. The molecular formula is C58H37N3O. The maximum absolute atomic E-state index is 6.86. The Kier molecular flexibility index (Phi) is 8.36. The molecule has 0 N–H and O–H groups in total. The van der Waals surface area contributed by atoms with Gasteiger partial charge in [-0.2, -0.15) is 0 Å². The van der Waals surface area contributed by atoms with Crippen LogP contribution in [0.1, 0.15) is 22.3 Å². The van der Waals surface area contributed by atoms with Crippen molar-refractivity contribution in [3.05, 3.63) is 247 Å². The van der Waals surface area contributed by atoms with Gasteiger partial charge < -0.3 is 4.42 Å². The van der Waals surface area contributed by atoms with Crippen molar-refractivity contribution in [3.63, 3.8) is 0 Å². The van der Waals surface area contributed by atoms with Gasteiger partial charge in [0.15, 0.2) is 17.5 Å². The molecule has 11 aromatic rings. The van der Waals surface area contributed by atoms with E-state index >= 15 is 0 Å². The van der Waals surface area contributed by atoms with Crippen LogP contribution in [0, 0.1) is 0 Å². The zero-order chi connectivity index (χ0) is 41.0. The van der Waals surface area contributed by atoms with E-state index < -0.39 is 5.41 Å². The third-order valence-corrected chi connectivity index (χ3v) is 12.4. The summed E-state index contributed by atoms with van der Waals surface area (Å²) >= 11 is 0. The van der Waals surface area contributed by atoms with Gasteiger partial charge >= 0.3 is 0 Å². The van der Waals surface area contributed by atoms with Crippen LogP contribution in [-0.4, -0.2) is 15.0 Å². The Morgan fingerprint density at radius 3 is 1.40 bits per heavy atom. The SMILES string of the molecule is c1ccc(-c2cc(-c3ccccc3)cc(-c3nc(-c4ccccc4)nc(-c4cccc5oc6cc(C7(c8ccccc8)c8ccccc8-c8ccccc87)ccc6c45)n3)c2)cc1. The number of hydrogen-bond acceptors (Lipinski definition) is 4. The highest BCUT2D eigenvalue weighted by Crippen LogP contribution is 2.56. The largest absolute Gasteiger partial charge is 0.456 e. The molecule has 12 rings (SSSR count). The summed E-state index contributed by atoms with van der Waals surface area (Å²) in [5.41, 5.74) is 15.6. The Hall–Kier alpha value is -8.21. The minimum atomic E-state index is -0.537. The molecule has 290 valence electrons. The molecule has 0 radical (unpaired) electrons. The number of benzene rings is 9. The molecule has 9 aromatic carbocycles. The number of hydrogen-bond donors (Lipinski definition) is 0. The van der Waals surface area contributed by atoms with Gasteiger partial charge in [0, 0.05) is 27.5 Å². The van der Waals surface area contributed by atoms with Crippen LogP contribution in [0.4, 0.5) is 0 Å². The molecule has 0 bridgehead atoms. The topological polar surface area (TPSA) is 51.8 Å². The standard InChI is InChI=1S/C58H37N3O/c1-5-18-38(19-6-1)41-34-42(39-20-7-2-8-21-39)36-43(35-41)56-59-55(40-22-9-3-10-23-40)60-57(61-56)49-28-17-31-52-54(49)48-33-32-45(37-53(48)62-52)58(44-24-11-4-12-25-44)50-29-15-13-26-46(50)47-27-14-16-30-51(47)58/h1-37H. The second-order valence-corrected chi connectivity index (χ2v) is 15.9. The molecule has 0 spiro atoms. The molecule has 0 amide bonds. The molecule has 0 saturated heterocycles. The zero-order valence-electron chi connectivity index (χ0n) is 33.6. The van der Waals surface area contributed by atoms with E-state index in [2.05, 4.69) is 182 Å². The summed E-state index contributed by atoms with van der Waals surface area (Å²) in [4.78, 5) is 15.7. The Bertz CT molecular complexity index is 3350. The number of rotatable bonds is 7. The normalized spacial score (nSPS) is 12.6. The van der Waals surface area contributed by atoms with Crippen molar-refractivity contribution in [2.75, 3.05) is 0 Å². The predicted octanol–water partition coefficient (Wildman–Crippen LogP) is 14.5. The molecule has 0 saturated carbocycles. The van der Waals surface area contributed by atoms with Gasteiger partial charge in [-0.1, -0.05) is 194 Å². The first kappa shape index (κ1) is 35.7. The Balaban J connectivity index is 1.07.